The Morgan fingerprint density at radius 3 is 0.600 bits per heavy atom. The molecule has 0 bridgehead atoms. The first kappa shape index (κ1) is 5180. The van der Waals surface area contributed by atoms with Gasteiger partial charge in [-0.25, -0.2) is 0 Å². The van der Waals surface area contributed by atoms with Crippen molar-refractivity contribution in [2.45, 2.75) is 0 Å². The first-order chi connectivity index (χ1) is 0. The van der Waals surface area contributed by atoms with Gasteiger partial charge in [-0.2, -0.15) is 0 Å². The van der Waals surface area contributed by atoms with E-state index < -0.39 is 0 Å². The predicted octanol–water partition coefficient (Wildman–Crippen LogP) is -1.89. The van der Waals surface area contributed by atoms with Gasteiger partial charge >= 0.3 is 0 Å². The predicted molar refractivity (Wildman–Crippen MR) is 23.1 cm³/mol. The number of hydrogen-bond acceptors (Lipinski definition) is 1. The lowest BCUT2D eigenvalue weighted by Gasteiger charge is -0.413. The van der Waals surface area contributed by atoms with Crippen LogP contribution in [-0.2, 0) is 0 Å². The van der Waals surface area contributed by atoms with E-state index in [0.29, 0.717) is 0 Å². The van der Waals surface area contributed by atoms with Crippen LogP contribution in [0.2, 0.25) is 0 Å². The maximum Gasteiger partial charge on any atom is -0.147 e. The van der Waals surface area contributed by atoms with Crippen molar-refractivity contribution in [2.24, 2.45) is 0 Å². The first-order valence-electron chi connectivity index (χ1n) is 0. The molecular weight excluding hydrogens is 97.5 g/mol. The van der Waals surface area contributed by atoms with Gasteiger partial charge in [-0.05, 0) is 0 Å². The monoisotopic (exact) mass is 107 g/mol. The molecule has 0 rings (SSSR count). The largest absolute Gasteiger partial charge is 0.412 e. The molecule has 4 nitrogen and oxygen atoms in total. The molecule has 0 aromatic rings. The Labute approximate surface area is 36.1 Å². The molecule has 0 heterocycles. The first-order valence-corrected chi connectivity index (χ1v) is 0. The average molecular weight is 108 g/mol. The van der Waals surface area contributed by atoms with Crippen molar-refractivity contribution in [3.05, 3.63) is 0 Å². The average Bonchev–Trinajstić information content (AvgIpc) is 0. The Morgan fingerprint density at radius 2 is 0.600 bits per heavy atom. The SMILES string of the molecule is Cl.N.O.O.O. The molecule has 0 amide bonds. The second kappa shape index (κ2) is 2390. The number of rotatable bonds is 0. The van der Waals surface area contributed by atoms with Crippen molar-refractivity contribution in [3.63, 3.8) is 0 Å². The molecule has 0 saturated carbocycles. The standard InChI is InChI=1S/ClH.H3N.3H2O/h1H;1H3;3*1H2. The summed E-state index contributed by atoms with van der Waals surface area (Å²) in [5, 5.41) is 0. The Morgan fingerprint density at radius 1 is 0.600 bits per heavy atom. The summed E-state index contributed by atoms with van der Waals surface area (Å²) in [6.07, 6.45) is 0. The smallest absolute Gasteiger partial charge is 0.147 e. The molecule has 0 aliphatic heterocycles. The summed E-state index contributed by atoms with van der Waals surface area (Å²) in [5.74, 6) is 0. The summed E-state index contributed by atoms with van der Waals surface area (Å²) in [7, 11) is 0. The third kappa shape index (κ3) is 1110. The van der Waals surface area contributed by atoms with Crippen LogP contribution < -0.4 is 6.15 Å². The molecule has 0 aliphatic rings. The summed E-state index contributed by atoms with van der Waals surface area (Å²) >= 11 is 0. The lowest BCUT2D eigenvalue weighted by Crippen LogP contribution is -0.481. The van der Waals surface area contributed by atoms with Gasteiger partial charge in [-0.3, -0.25) is 0 Å². The molecule has 0 fully saturated rings. The van der Waals surface area contributed by atoms with E-state index in [1.807, 2.05) is 0 Å². The molecule has 9 N–H and O–H groups in total. The van der Waals surface area contributed by atoms with E-state index in [1.54, 1.807) is 0 Å². The van der Waals surface area contributed by atoms with Gasteiger partial charge in [0.1, 0.15) is 0 Å². The van der Waals surface area contributed by atoms with Crippen molar-refractivity contribution in [1.82, 2.24) is 6.15 Å². The van der Waals surface area contributed by atoms with Crippen LogP contribution in [0.15, 0.2) is 0 Å². The van der Waals surface area contributed by atoms with Crippen LogP contribution in [0.4, 0.5) is 0 Å². The molecule has 0 saturated heterocycles. The number of halogens is 1. The molecule has 0 aromatic carbocycles. The van der Waals surface area contributed by atoms with Crippen molar-refractivity contribution in [2.75, 3.05) is 0 Å². The molecule has 0 atom stereocenters. The molecular formula is H10ClNO3. The molecule has 0 spiro atoms. The lowest BCUT2D eigenvalue weighted by atomic mass is 14.0. The zero-order valence-corrected chi connectivity index (χ0v) is 3.43. The third-order valence-electron chi connectivity index (χ3n) is 0. The third-order valence-corrected chi connectivity index (χ3v) is 0. The Kier molecular flexibility index (Phi) is 2480000. The van der Waals surface area contributed by atoms with Crippen LogP contribution in [-0.4, -0.2) is 16.4 Å². The van der Waals surface area contributed by atoms with Gasteiger partial charge in [0.2, 0.25) is 0 Å². The normalized spacial score (nSPS) is 0. The highest BCUT2D eigenvalue weighted by molar-refractivity contribution is 5.85. The van der Waals surface area contributed by atoms with Crippen LogP contribution in [0, 0.1) is 0 Å². The summed E-state index contributed by atoms with van der Waals surface area (Å²) < 4.78 is 0. The second-order valence-corrected chi connectivity index (χ2v) is 0. The van der Waals surface area contributed by atoms with Crippen molar-refractivity contribution < 1.29 is 16.4 Å². The van der Waals surface area contributed by atoms with E-state index in [9.17, 15) is 0 Å². The number of hydrogen-bond donors (Lipinski definition) is 1. The Bertz CT molecular complexity index is 6.85. The van der Waals surface area contributed by atoms with Crippen LogP contribution in [0.25, 0.3) is 0 Å². The molecule has 0 aliphatic carbocycles. The van der Waals surface area contributed by atoms with E-state index in [1.165, 1.54) is 0 Å². The minimum absolute atomic E-state index is 0. The molecule has 0 aromatic heterocycles. The zero-order chi connectivity index (χ0) is 0. The van der Waals surface area contributed by atoms with Gasteiger partial charge in [-0.15, -0.1) is 12.4 Å². The van der Waals surface area contributed by atoms with E-state index in [2.05, 4.69) is 0 Å². The van der Waals surface area contributed by atoms with Gasteiger partial charge in [0.15, 0.2) is 0 Å². The molecule has 0 unspecified atom stereocenters. The maximum atomic E-state index is 0. The van der Waals surface area contributed by atoms with Gasteiger partial charge in [0, 0.05) is 0 Å². The quantitative estimate of drug-likeness (QED) is 0.381. The van der Waals surface area contributed by atoms with Gasteiger partial charge in [-0.1, -0.05) is 0 Å². The zero-order valence-electron chi connectivity index (χ0n) is 2.62. The Hall–Kier alpha value is 0.130. The fourth-order valence-electron chi connectivity index (χ4n) is 0. The summed E-state index contributed by atoms with van der Waals surface area (Å²) in [6, 6.07) is 0. The van der Waals surface area contributed by atoms with Gasteiger partial charge < -0.3 is 22.6 Å². The van der Waals surface area contributed by atoms with Crippen molar-refractivity contribution in [3.8, 4) is 0 Å². The van der Waals surface area contributed by atoms with Crippen molar-refractivity contribution >= 4 is 12.4 Å². The highest BCUT2D eigenvalue weighted by Gasteiger charge is -0.147. The fraction of sp³-hybridized carbons (Fsp3) is 0. The lowest BCUT2D eigenvalue weighted by molar-refractivity contribution is 0.823. The maximum absolute atomic E-state index is 0. The second-order valence-electron chi connectivity index (χ2n) is 0. The molecule has 40 valence electrons. The van der Waals surface area contributed by atoms with E-state index in [0.717, 1.165) is 0 Å². The summed E-state index contributed by atoms with van der Waals surface area (Å²) in [5.41, 5.74) is 0. The van der Waals surface area contributed by atoms with E-state index >= 15 is 0 Å². The van der Waals surface area contributed by atoms with Crippen LogP contribution in [0.1, 0.15) is 0 Å². The fourth-order valence-corrected chi connectivity index (χ4v) is 0. The van der Waals surface area contributed by atoms with Crippen LogP contribution >= 0.6 is 12.4 Å². The van der Waals surface area contributed by atoms with E-state index in [4.69, 9.17) is 0 Å². The van der Waals surface area contributed by atoms with E-state index in [-0.39, 0.29) is 35.0 Å². The molecule has 5 heavy (non-hydrogen) atoms. The molecule has 0 radical (unpaired) electrons. The Balaban J connectivity index is 0. The summed E-state index contributed by atoms with van der Waals surface area (Å²) in [6.45, 7) is 0. The highest BCUT2D eigenvalue weighted by atomic mass is 35.5. The van der Waals surface area contributed by atoms with Gasteiger partial charge in [0.25, 0.3) is 0 Å². The minimum Gasteiger partial charge on any atom is -0.412 e. The van der Waals surface area contributed by atoms with Crippen molar-refractivity contribution in [1.29, 1.82) is 0 Å². The molecule has 5 heteroatoms. The summed E-state index contributed by atoms with van der Waals surface area (Å²) in [4.78, 5) is 0. The highest BCUT2D eigenvalue weighted by Crippen LogP contribution is 0.690. The van der Waals surface area contributed by atoms with Crippen LogP contribution in [0.5, 0.6) is 0 Å². The minimum atomic E-state index is 0. The van der Waals surface area contributed by atoms with Crippen LogP contribution in [0.3, 0.4) is 0 Å². The van der Waals surface area contributed by atoms with Gasteiger partial charge in [0.05, 0.1) is 0 Å². The topological polar surface area (TPSA) is 130 Å².